The van der Waals surface area contributed by atoms with Gasteiger partial charge in [0.2, 0.25) is 0 Å². The van der Waals surface area contributed by atoms with Crippen LogP contribution in [0.4, 0.5) is 11.4 Å². The van der Waals surface area contributed by atoms with Crippen LogP contribution in [0.2, 0.25) is 5.02 Å². The van der Waals surface area contributed by atoms with Gasteiger partial charge >= 0.3 is 0 Å². The minimum atomic E-state index is -0.118. The number of amides is 1. The molecule has 2 aromatic carbocycles. The third-order valence-electron chi connectivity index (χ3n) is 6.07. The highest BCUT2D eigenvalue weighted by Crippen LogP contribution is 2.44. The van der Waals surface area contributed by atoms with E-state index < -0.39 is 0 Å². The molecule has 2 aliphatic rings. The average molecular weight is 454 g/mol. The Morgan fingerprint density at radius 2 is 2.10 bits per heavy atom. The van der Waals surface area contributed by atoms with Gasteiger partial charge in [0.05, 0.1) is 10.6 Å². The number of halogens is 1. The van der Waals surface area contributed by atoms with Crippen LogP contribution < -0.4 is 10.2 Å². The molecule has 0 aromatic heterocycles. The number of benzene rings is 2. The SMILES string of the molecule is CCN1c2cc(C)c(/C=C3\SC(=Nc4cccc(Cl)c4)NC3=O)cc2C(C)CC1(C)C. The van der Waals surface area contributed by atoms with Crippen molar-refractivity contribution in [1.29, 1.82) is 0 Å². The van der Waals surface area contributed by atoms with Crippen molar-refractivity contribution >= 4 is 51.9 Å². The largest absolute Gasteiger partial charge is 0.366 e. The first-order valence-electron chi connectivity index (χ1n) is 10.7. The lowest BCUT2D eigenvalue weighted by Crippen LogP contribution is -2.48. The summed E-state index contributed by atoms with van der Waals surface area (Å²) in [6.07, 6.45) is 3.09. The fourth-order valence-corrected chi connectivity index (χ4v) is 5.71. The maximum atomic E-state index is 12.6. The fourth-order valence-electron chi connectivity index (χ4n) is 4.69. The van der Waals surface area contributed by atoms with Crippen LogP contribution in [0.3, 0.4) is 0 Å². The van der Waals surface area contributed by atoms with Crippen molar-refractivity contribution in [3.63, 3.8) is 0 Å². The summed E-state index contributed by atoms with van der Waals surface area (Å²) in [5.41, 5.74) is 5.79. The molecular formula is C25H28ClN3OS. The normalized spacial score (nSPS) is 22.7. The molecule has 0 radical (unpaired) electrons. The van der Waals surface area contributed by atoms with Gasteiger partial charge < -0.3 is 10.2 Å². The van der Waals surface area contributed by atoms with Crippen molar-refractivity contribution in [2.45, 2.75) is 52.5 Å². The molecule has 6 heteroatoms. The number of nitrogens with one attached hydrogen (secondary N) is 1. The first-order chi connectivity index (χ1) is 14.7. The molecule has 1 N–H and O–H groups in total. The van der Waals surface area contributed by atoms with Gasteiger partial charge in [-0.3, -0.25) is 4.79 Å². The summed E-state index contributed by atoms with van der Waals surface area (Å²) in [5.74, 6) is 0.350. The topological polar surface area (TPSA) is 44.7 Å². The molecule has 2 aromatic rings. The number of rotatable bonds is 3. The van der Waals surface area contributed by atoms with Crippen LogP contribution in [0.25, 0.3) is 6.08 Å². The van der Waals surface area contributed by atoms with E-state index in [4.69, 9.17) is 11.6 Å². The van der Waals surface area contributed by atoms with Gasteiger partial charge in [0, 0.05) is 22.8 Å². The van der Waals surface area contributed by atoms with Crippen molar-refractivity contribution in [3.8, 4) is 0 Å². The van der Waals surface area contributed by atoms with Crippen LogP contribution in [0.15, 0.2) is 46.3 Å². The quantitative estimate of drug-likeness (QED) is 0.529. The zero-order chi connectivity index (χ0) is 22.3. The fraction of sp³-hybridized carbons (Fsp3) is 0.360. The van der Waals surface area contributed by atoms with Crippen LogP contribution in [0, 0.1) is 6.92 Å². The predicted octanol–water partition coefficient (Wildman–Crippen LogP) is 6.65. The van der Waals surface area contributed by atoms with E-state index in [1.165, 1.54) is 28.6 Å². The zero-order valence-corrected chi connectivity index (χ0v) is 20.2. The first kappa shape index (κ1) is 22.0. The zero-order valence-electron chi connectivity index (χ0n) is 18.6. The number of amidine groups is 1. The maximum Gasteiger partial charge on any atom is 0.264 e. The van der Waals surface area contributed by atoms with Crippen LogP contribution in [-0.4, -0.2) is 23.2 Å². The second kappa shape index (κ2) is 8.36. The van der Waals surface area contributed by atoms with Gasteiger partial charge in [-0.25, -0.2) is 4.99 Å². The van der Waals surface area contributed by atoms with Crippen molar-refractivity contribution in [3.05, 3.63) is 63.0 Å². The van der Waals surface area contributed by atoms with E-state index in [0.29, 0.717) is 21.0 Å². The molecule has 0 aliphatic carbocycles. The Labute approximate surface area is 193 Å². The van der Waals surface area contributed by atoms with E-state index in [1.807, 2.05) is 18.2 Å². The minimum absolute atomic E-state index is 0.118. The molecule has 1 amide bonds. The molecule has 2 heterocycles. The summed E-state index contributed by atoms with van der Waals surface area (Å²) in [6, 6.07) is 11.8. The molecule has 0 bridgehead atoms. The molecule has 1 fully saturated rings. The van der Waals surface area contributed by atoms with Crippen LogP contribution >= 0.6 is 23.4 Å². The van der Waals surface area contributed by atoms with E-state index >= 15 is 0 Å². The Bertz CT molecular complexity index is 1110. The summed E-state index contributed by atoms with van der Waals surface area (Å²) in [7, 11) is 0. The van der Waals surface area contributed by atoms with E-state index in [9.17, 15) is 4.79 Å². The summed E-state index contributed by atoms with van der Waals surface area (Å²) >= 11 is 7.41. The van der Waals surface area contributed by atoms with Gasteiger partial charge in [0.1, 0.15) is 0 Å². The number of anilines is 1. The van der Waals surface area contributed by atoms with Crippen molar-refractivity contribution in [2.24, 2.45) is 4.99 Å². The van der Waals surface area contributed by atoms with Crippen LogP contribution in [0.5, 0.6) is 0 Å². The van der Waals surface area contributed by atoms with Crippen molar-refractivity contribution in [1.82, 2.24) is 5.32 Å². The molecule has 0 saturated carbocycles. The lowest BCUT2D eigenvalue weighted by atomic mass is 9.79. The number of carbonyl (C=O) groups is 1. The van der Waals surface area contributed by atoms with Gasteiger partial charge in [-0.15, -0.1) is 0 Å². The third-order valence-corrected chi connectivity index (χ3v) is 7.21. The molecule has 1 unspecified atom stereocenters. The summed E-state index contributed by atoms with van der Waals surface area (Å²) in [6.45, 7) is 12.3. The molecule has 4 rings (SSSR count). The number of aryl methyl sites for hydroxylation is 1. The number of carbonyl (C=O) groups excluding carboxylic acids is 1. The van der Waals surface area contributed by atoms with Crippen molar-refractivity contribution < 1.29 is 4.79 Å². The Hall–Kier alpha value is -2.24. The number of thioether (sulfide) groups is 1. The van der Waals surface area contributed by atoms with Gasteiger partial charge in [-0.05, 0) is 105 Å². The van der Waals surface area contributed by atoms with E-state index in [2.05, 4.69) is 62.0 Å². The second-order valence-electron chi connectivity index (χ2n) is 8.89. The van der Waals surface area contributed by atoms with E-state index in [0.717, 1.165) is 24.2 Å². The molecule has 4 nitrogen and oxygen atoms in total. The van der Waals surface area contributed by atoms with E-state index in [-0.39, 0.29) is 11.4 Å². The monoisotopic (exact) mass is 453 g/mol. The molecular weight excluding hydrogens is 426 g/mol. The number of fused-ring (bicyclic) bond motifs is 1. The molecule has 1 atom stereocenters. The smallest absolute Gasteiger partial charge is 0.264 e. The van der Waals surface area contributed by atoms with E-state index in [1.54, 1.807) is 12.1 Å². The standard InChI is InChI=1S/C25H28ClN3OS/c1-6-29-21-10-15(2)17(11-20(21)16(3)14-25(29,4)5)12-22-23(30)28-24(31-22)27-19-9-7-8-18(26)13-19/h7-13,16H,6,14H2,1-5H3,(H,27,28,30)/b22-12-. The average Bonchev–Trinajstić information content (AvgIpc) is 3.01. The molecule has 31 heavy (non-hydrogen) atoms. The Balaban J connectivity index is 1.67. The number of nitrogens with zero attached hydrogens (tertiary/aromatic N) is 2. The van der Waals surface area contributed by atoms with Crippen molar-refractivity contribution in [2.75, 3.05) is 11.4 Å². The summed E-state index contributed by atoms with van der Waals surface area (Å²) < 4.78 is 0. The first-order valence-corrected chi connectivity index (χ1v) is 11.8. The summed E-state index contributed by atoms with van der Waals surface area (Å²) in [4.78, 5) is 20.2. The minimum Gasteiger partial charge on any atom is -0.366 e. The highest BCUT2D eigenvalue weighted by Gasteiger charge is 2.35. The maximum absolute atomic E-state index is 12.6. The molecule has 2 aliphatic heterocycles. The molecule has 1 saturated heterocycles. The van der Waals surface area contributed by atoms with Crippen LogP contribution in [0.1, 0.15) is 56.7 Å². The van der Waals surface area contributed by atoms with Gasteiger partial charge in [0.25, 0.3) is 5.91 Å². The highest BCUT2D eigenvalue weighted by atomic mass is 35.5. The third kappa shape index (κ3) is 4.39. The Morgan fingerprint density at radius 3 is 2.81 bits per heavy atom. The number of hydrogen-bond donors (Lipinski definition) is 1. The molecule has 0 spiro atoms. The molecule has 162 valence electrons. The van der Waals surface area contributed by atoms with Crippen LogP contribution in [-0.2, 0) is 4.79 Å². The van der Waals surface area contributed by atoms with Gasteiger partial charge in [-0.2, -0.15) is 0 Å². The number of hydrogen-bond acceptors (Lipinski definition) is 4. The highest BCUT2D eigenvalue weighted by molar-refractivity contribution is 8.18. The number of aliphatic imine (C=N–C) groups is 1. The Morgan fingerprint density at radius 1 is 1.32 bits per heavy atom. The predicted molar refractivity (Wildman–Crippen MR) is 134 cm³/mol. The lowest BCUT2D eigenvalue weighted by molar-refractivity contribution is -0.115. The second-order valence-corrected chi connectivity index (χ2v) is 10.4. The summed E-state index contributed by atoms with van der Waals surface area (Å²) in [5, 5.41) is 4.06. The Kier molecular flexibility index (Phi) is 5.93. The van der Waals surface area contributed by atoms with Gasteiger partial charge in [0.15, 0.2) is 5.17 Å². The van der Waals surface area contributed by atoms with Gasteiger partial charge in [-0.1, -0.05) is 24.6 Å². The lowest BCUT2D eigenvalue weighted by Gasteiger charge is -2.47.